The van der Waals surface area contributed by atoms with Gasteiger partial charge in [0, 0.05) is 50.8 Å². The molecule has 0 saturated carbocycles. The Labute approximate surface area is 428 Å². The van der Waals surface area contributed by atoms with Gasteiger partial charge in [0.2, 0.25) is 11.8 Å². The van der Waals surface area contributed by atoms with Gasteiger partial charge in [-0.25, -0.2) is 9.97 Å². The van der Waals surface area contributed by atoms with Crippen molar-refractivity contribution in [3.8, 4) is 0 Å². The average molecular weight is 1040 g/mol. The Morgan fingerprint density at radius 2 is 0.653 bits per heavy atom. The second kappa shape index (κ2) is 46.6. The summed E-state index contributed by atoms with van der Waals surface area (Å²) in [7, 11) is 0. The van der Waals surface area contributed by atoms with Crippen LogP contribution in [0.1, 0.15) is 90.7 Å². The molecule has 420 valence electrons. The van der Waals surface area contributed by atoms with Gasteiger partial charge < -0.3 is 76.5 Å². The number of nitrogens with zero attached hydrogens (tertiary/aromatic N) is 4. The van der Waals surface area contributed by atoms with Crippen LogP contribution in [0.2, 0.25) is 0 Å². The van der Waals surface area contributed by atoms with Crippen LogP contribution in [0, 0.1) is 0 Å². The van der Waals surface area contributed by atoms with Gasteiger partial charge in [-0.3, -0.25) is 18.7 Å². The molecule has 2 rings (SSSR count). The maximum absolute atomic E-state index is 11.9. The summed E-state index contributed by atoms with van der Waals surface area (Å²) in [6, 6.07) is 0. The van der Waals surface area contributed by atoms with Gasteiger partial charge in [0.15, 0.2) is 0 Å². The number of aliphatic hydroxyl groups excluding tert-OH is 2. The normalized spacial score (nSPS) is 15.0. The van der Waals surface area contributed by atoms with E-state index in [0.717, 1.165) is 0 Å². The average Bonchev–Trinajstić information content (AvgIpc) is 4.13. The molecule has 2 aromatic heterocycles. The molecule has 0 radical (unpaired) electrons. The molecule has 0 fully saturated rings. The van der Waals surface area contributed by atoms with E-state index in [1.165, 1.54) is 21.8 Å². The number of carbonyl (C=O) groups is 2. The van der Waals surface area contributed by atoms with E-state index in [1.807, 2.05) is 55.4 Å². The summed E-state index contributed by atoms with van der Waals surface area (Å²) >= 11 is 0. The first-order valence-electron chi connectivity index (χ1n) is 25.5. The van der Waals surface area contributed by atoms with Gasteiger partial charge in [-0.15, -0.1) is 0 Å². The molecule has 0 spiro atoms. The van der Waals surface area contributed by atoms with Gasteiger partial charge >= 0.3 is 0 Å². The molecule has 8 atom stereocenters. The fraction of sp³-hybridized carbons (Fsp3) is 0.840. The van der Waals surface area contributed by atoms with Crippen LogP contribution in [0.5, 0.6) is 0 Å². The maximum atomic E-state index is 11.9. The van der Waals surface area contributed by atoms with Crippen molar-refractivity contribution in [1.82, 2.24) is 19.1 Å². The number of rotatable bonds is 48. The van der Waals surface area contributed by atoms with Crippen molar-refractivity contribution >= 4 is 11.8 Å². The minimum Gasteiger partial charge on any atom is -0.394 e. The molecule has 0 amide bonds. The summed E-state index contributed by atoms with van der Waals surface area (Å²) in [5.74, 6) is 0.0131. The quantitative estimate of drug-likeness (QED) is 0.0893. The predicted molar refractivity (Wildman–Crippen MR) is 267 cm³/mol. The summed E-state index contributed by atoms with van der Waals surface area (Å²) in [4.78, 5) is 31.4. The van der Waals surface area contributed by atoms with E-state index in [2.05, 4.69) is 9.97 Å². The summed E-state index contributed by atoms with van der Waals surface area (Å²) in [5.41, 5.74) is 0. The van der Waals surface area contributed by atoms with E-state index >= 15 is 0 Å². The Bertz CT molecular complexity index is 1480. The second-order valence-electron chi connectivity index (χ2n) is 17.2. The first-order chi connectivity index (χ1) is 34.8. The van der Waals surface area contributed by atoms with E-state index in [9.17, 15) is 9.59 Å². The summed E-state index contributed by atoms with van der Waals surface area (Å²) < 4.78 is 81.4. The molecule has 0 aliphatic heterocycles. The molecule has 0 aliphatic rings. The molecule has 0 aliphatic carbocycles. The number of aromatic nitrogens is 4. The zero-order valence-corrected chi connectivity index (χ0v) is 44.7. The topological polar surface area (TPSA) is 239 Å². The van der Waals surface area contributed by atoms with Crippen molar-refractivity contribution < 1.29 is 86.1 Å². The van der Waals surface area contributed by atoms with Crippen LogP contribution in [0.15, 0.2) is 37.4 Å². The van der Waals surface area contributed by atoms with Crippen LogP contribution < -0.4 is 0 Å². The lowest BCUT2D eigenvalue weighted by Gasteiger charge is -2.21. The Hall–Kier alpha value is -2.88. The lowest BCUT2D eigenvalue weighted by molar-refractivity contribution is -0.0959. The predicted octanol–water partition coefficient (Wildman–Crippen LogP) is 3.93. The van der Waals surface area contributed by atoms with Crippen molar-refractivity contribution in [2.75, 3.05) is 145 Å². The zero-order valence-electron chi connectivity index (χ0n) is 44.7. The molecule has 22 heteroatoms. The Morgan fingerprint density at radius 3 is 0.958 bits per heavy atom. The Balaban J connectivity index is 0.000000781. The van der Waals surface area contributed by atoms with Crippen LogP contribution >= 0.6 is 0 Å². The van der Waals surface area contributed by atoms with Crippen molar-refractivity contribution in [2.45, 2.75) is 130 Å². The highest BCUT2D eigenvalue weighted by molar-refractivity contribution is 5.78. The number of carbonyl (C=O) groups excluding carboxylic acids is 2. The number of ether oxygens (including phenoxy) is 14. The van der Waals surface area contributed by atoms with Gasteiger partial charge in [-0.1, -0.05) is 0 Å². The third-order valence-electron chi connectivity index (χ3n) is 9.82. The van der Waals surface area contributed by atoms with Gasteiger partial charge in [0.05, 0.1) is 181 Å². The van der Waals surface area contributed by atoms with Crippen LogP contribution in [0.25, 0.3) is 0 Å². The molecule has 2 aromatic rings. The van der Waals surface area contributed by atoms with Crippen molar-refractivity contribution in [3.05, 3.63) is 37.4 Å². The lowest BCUT2D eigenvalue weighted by atomic mass is 10.3. The smallest absolute Gasteiger partial charge is 0.231 e. The van der Waals surface area contributed by atoms with Gasteiger partial charge in [-0.2, -0.15) is 0 Å². The lowest BCUT2D eigenvalue weighted by Crippen LogP contribution is -2.28. The fourth-order valence-electron chi connectivity index (χ4n) is 5.79. The molecular weight excluding hydrogens is 945 g/mol. The highest BCUT2D eigenvalue weighted by Gasteiger charge is 2.14. The SMILES string of the molecule is CC(COCCOCCCC(=O)n1ccnc1)OCC(C)OCC(C)OCC(C)OCCOCCCC(=O)n1ccnc1.CC(COCCOCCO)OCC(C)OCC(C)OCC(C)OCCOCCO. The first kappa shape index (κ1) is 67.1. The standard InChI is InChI=1S/C30H50N4O9.C20H42O9/c1-25(19-39-16-15-37-13-5-7-29(35)33-11-9-31-23-33)41-21-27(3)43-22-28(4)42-20-26(2)40-18-17-38-14-6-8-30(36)34-12-10-32-24-34;1-17(13-25-10-9-23-7-5-21)27-15-19(3)29-16-20(4)28-14-18(2)26-12-11-24-8-6-22/h9-12,23-28H,5-8,13-22H2,1-4H3;17-22H,5-16H2,1-4H3. The summed E-state index contributed by atoms with van der Waals surface area (Å²) in [6.45, 7) is 24.8. The first-order valence-corrected chi connectivity index (χ1v) is 25.5. The molecule has 0 saturated heterocycles. The van der Waals surface area contributed by atoms with E-state index in [0.29, 0.717) is 158 Å². The van der Waals surface area contributed by atoms with Crippen molar-refractivity contribution in [3.63, 3.8) is 0 Å². The number of imidazole rings is 2. The third-order valence-corrected chi connectivity index (χ3v) is 9.82. The van der Waals surface area contributed by atoms with E-state index in [4.69, 9.17) is 76.5 Å². The summed E-state index contributed by atoms with van der Waals surface area (Å²) in [5, 5.41) is 17.2. The van der Waals surface area contributed by atoms with Gasteiger partial charge in [0.25, 0.3) is 0 Å². The van der Waals surface area contributed by atoms with Crippen LogP contribution in [0.3, 0.4) is 0 Å². The molecule has 0 aromatic carbocycles. The Morgan fingerprint density at radius 1 is 0.375 bits per heavy atom. The van der Waals surface area contributed by atoms with Crippen LogP contribution in [-0.4, -0.2) is 235 Å². The fourth-order valence-corrected chi connectivity index (χ4v) is 5.79. The number of aliphatic hydroxyl groups is 2. The van der Waals surface area contributed by atoms with E-state index in [-0.39, 0.29) is 73.9 Å². The minimum atomic E-state index is -0.0810. The minimum absolute atomic E-state index is 0.00634. The highest BCUT2D eigenvalue weighted by atomic mass is 16.6. The molecule has 72 heavy (non-hydrogen) atoms. The molecule has 0 bridgehead atoms. The number of hydrogen-bond acceptors (Lipinski definition) is 20. The van der Waals surface area contributed by atoms with Crippen molar-refractivity contribution in [1.29, 1.82) is 0 Å². The van der Waals surface area contributed by atoms with Crippen molar-refractivity contribution in [2.24, 2.45) is 0 Å². The second-order valence-corrected chi connectivity index (χ2v) is 17.2. The third kappa shape index (κ3) is 40.5. The largest absolute Gasteiger partial charge is 0.394 e. The van der Waals surface area contributed by atoms with Crippen LogP contribution in [-0.2, 0) is 66.3 Å². The maximum Gasteiger partial charge on any atom is 0.231 e. The monoisotopic (exact) mass is 1040 g/mol. The van der Waals surface area contributed by atoms with E-state index in [1.54, 1.807) is 24.8 Å². The number of hydrogen-bond donors (Lipinski definition) is 2. The molecule has 22 nitrogen and oxygen atoms in total. The van der Waals surface area contributed by atoms with Crippen LogP contribution in [0.4, 0.5) is 0 Å². The van der Waals surface area contributed by atoms with Gasteiger partial charge in [0.1, 0.15) is 12.7 Å². The summed E-state index contributed by atoms with van der Waals surface area (Å²) in [6.07, 6.45) is 11.1. The molecule has 2 N–H and O–H groups in total. The van der Waals surface area contributed by atoms with Gasteiger partial charge in [-0.05, 0) is 68.2 Å². The molecule has 8 unspecified atom stereocenters. The molecular formula is C50H92N4O18. The zero-order chi connectivity index (χ0) is 52.9. The highest BCUT2D eigenvalue weighted by Crippen LogP contribution is 2.05. The Kier molecular flexibility index (Phi) is 43.5. The molecule has 2 heterocycles. The van der Waals surface area contributed by atoms with E-state index < -0.39 is 0 Å².